The van der Waals surface area contributed by atoms with E-state index in [4.69, 9.17) is 0 Å². The molecule has 0 aliphatic rings. The van der Waals surface area contributed by atoms with Gasteiger partial charge in [0.05, 0.1) is 22.4 Å². The molecule has 0 saturated carbocycles. The third-order valence-corrected chi connectivity index (χ3v) is 14.8. The number of rotatable bonds is 9. The van der Waals surface area contributed by atoms with Gasteiger partial charge in [0.15, 0.2) is 0 Å². The Bertz CT molecular complexity index is 3980. The number of aromatic nitrogens is 1. The van der Waals surface area contributed by atoms with Crippen LogP contribution in [0.3, 0.4) is 0 Å². The van der Waals surface area contributed by atoms with Crippen LogP contribution >= 0.6 is 11.3 Å². The third kappa shape index (κ3) is 7.20. The topological polar surface area (TPSA) is 8.17 Å². The van der Waals surface area contributed by atoms with Crippen molar-refractivity contribution in [1.82, 2.24) is 4.57 Å². The number of thiophene rings is 1. The molecule has 0 aliphatic heterocycles. The van der Waals surface area contributed by atoms with Crippen LogP contribution in [0.5, 0.6) is 0 Å². The molecule has 69 heavy (non-hydrogen) atoms. The average Bonchev–Trinajstić information content (AvgIpc) is 3.98. The van der Waals surface area contributed by atoms with Gasteiger partial charge >= 0.3 is 0 Å². The number of benzene rings is 11. The van der Waals surface area contributed by atoms with E-state index in [-0.39, 0.29) is 0 Å². The van der Waals surface area contributed by atoms with E-state index in [1.807, 2.05) is 11.3 Å². The van der Waals surface area contributed by atoms with Crippen molar-refractivity contribution in [2.75, 3.05) is 4.90 Å². The minimum Gasteiger partial charge on any atom is -0.310 e. The minimum atomic E-state index is 1.08. The average molecular weight is 897 g/mol. The van der Waals surface area contributed by atoms with Crippen molar-refractivity contribution in [2.24, 2.45) is 0 Å². The van der Waals surface area contributed by atoms with Crippen LogP contribution < -0.4 is 4.90 Å². The van der Waals surface area contributed by atoms with E-state index in [2.05, 4.69) is 276 Å². The first kappa shape index (κ1) is 40.5. The van der Waals surface area contributed by atoms with Crippen LogP contribution in [0.25, 0.3) is 103 Å². The van der Waals surface area contributed by atoms with Crippen LogP contribution in [0.15, 0.2) is 267 Å². The summed E-state index contributed by atoms with van der Waals surface area (Å²) in [5.74, 6) is 0. The van der Waals surface area contributed by atoms with E-state index in [1.54, 1.807) is 0 Å². The first-order chi connectivity index (χ1) is 34.2. The lowest BCUT2D eigenvalue weighted by molar-refractivity contribution is 1.20. The lowest BCUT2D eigenvalue weighted by Crippen LogP contribution is -2.11. The van der Waals surface area contributed by atoms with Crippen molar-refractivity contribution in [3.05, 3.63) is 267 Å². The van der Waals surface area contributed by atoms with Crippen molar-refractivity contribution >= 4 is 70.4 Å². The van der Waals surface area contributed by atoms with Crippen molar-refractivity contribution in [3.63, 3.8) is 0 Å². The van der Waals surface area contributed by atoms with E-state index in [0.717, 1.165) is 28.2 Å². The zero-order valence-electron chi connectivity index (χ0n) is 37.7. The summed E-state index contributed by atoms with van der Waals surface area (Å²) in [5.41, 5.74) is 18.8. The Morgan fingerprint density at radius 3 is 1.41 bits per heavy atom. The van der Waals surface area contributed by atoms with Gasteiger partial charge < -0.3 is 9.47 Å². The monoisotopic (exact) mass is 896 g/mol. The highest BCUT2D eigenvalue weighted by atomic mass is 32.1. The Morgan fingerprint density at radius 1 is 0.290 bits per heavy atom. The highest BCUT2D eigenvalue weighted by Crippen LogP contribution is 2.46. The molecular formula is C66H44N2S. The second-order valence-corrected chi connectivity index (χ2v) is 18.7. The van der Waals surface area contributed by atoms with Gasteiger partial charge in [-0.1, -0.05) is 200 Å². The summed E-state index contributed by atoms with van der Waals surface area (Å²) in [6.07, 6.45) is 0. The normalized spacial score (nSPS) is 11.5. The van der Waals surface area contributed by atoms with Gasteiger partial charge in [0.1, 0.15) is 0 Å². The molecule has 0 bridgehead atoms. The lowest BCUT2D eigenvalue weighted by atomic mass is 9.94. The zero-order valence-corrected chi connectivity index (χ0v) is 38.5. The van der Waals surface area contributed by atoms with Crippen LogP contribution in [-0.2, 0) is 0 Å². The standard InChI is InChI=1S/C66H44N2S/c1-3-16-45(17-4-1)47-32-34-48(35-33-47)50-38-42-54(43-39-50)67(53-40-36-49(37-41-53)46-18-5-2-6-19-46)59-26-10-7-22-55(59)51-20-13-21-52(44-51)56-25-14-28-61-65(56)57-23-8-11-27-60(57)68(61)62-29-15-31-64-66(62)58-24-9-12-30-63(58)69-64/h1-44H. The Kier molecular flexibility index (Phi) is 10.1. The molecule has 0 fully saturated rings. The summed E-state index contributed by atoms with van der Waals surface area (Å²) < 4.78 is 5.09. The van der Waals surface area contributed by atoms with Gasteiger partial charge in [0.25, 0.3) is 0 Å². The quantitative estimate of drug-likeness (QED) is 0.140. The van der Waals surface area contributed by atoms with Gasteiger partial charge in [0.2, 0.25) is 0 Å². The molecule has 2 nitrogen and oxygen atoms in total. The summed E-state index contributed by atoms with van der Waals surface area (Å²) in [4.78, 5) is 2.40. The first-order valence-electron chi connectivity index (χ1n) is 23.6. The van der Waals surface area contributed by atoms with Crippen molar-refractivity contribution in [1.29, 1.82) is 0 Å². The van der Waals surface area contributed by atoms with Crippen LogP contribution in [0.2, 0.25) is 0 Å². The van der Waals surface area contributed by atoms with Crippen molar-refractivity contribution in [2.45, 2.75) is 0 Å². The Morgan fingerprint density at radius 2 is 0.739 bits per heavy atom. The summed E-state index contributed by atoms with van der Waals surface area (Å²) >= 11 is 1.87. The largest absolute Gasteiger partial charge is 0.310 e. The fraction of sp³-hybridized carbons (Fsp3) is 0. The lowest BCUT2D eigenvalue weighted by Gasteiger charge is -2.28. The first-order valence-corrected chi connectivity index (χ1v) is 24.4. The molecule has 0 spiro atoms. The predicted molar refractivity (Wildman–Crippen MR) is 296 cm³/mol. The molecule has 11 aromatic carbocycles. The van der Waals surface area contributed by atoms with Crippen LogP contribution in [-0.4, -0.2) is 4.57 Å². The molecule has 13 aromatic rings. The number of hydrogen-bond donors (Lipinski definition) is 0. The van der Waals surface area contributed by atoms with E-state index >= 15 is 0 Å². The number of fused-ring (bicyclic) bond motifs is 6. The third-order valence-electron chi connectivity index (χ3n) is 13.6. The molecule has 324 valence electrons. The smallest absolute Gasteiger partial charge is 0.0555 e. The Hall–Kier alpha value is -8.76. The molecule has 0 aliphatic carbocycles. The van der Waals surface area contributed by atoms with E-state index in [1.165, 1.54) is 92.2 Å². The summed E-state index contributed by atoms with van der Waals surface area (Å²) in [6.45, 7) is 0. The van der Waals surface area contributed by atoms with Gasteiger partial charge in [-0.15, -0.1) is 11.3 Å². The van der Waals surface area contributed by atoms with Gasteiger partial charge in [0, 0.05) is 47.9 Å². The molecule has 0 unspecified atom stereocenters. The number of hydrogen-bond acceptors (Lipinski definition) is 2. The SMILES string of the molecule is c1ccc(-c2ccc(-c3ccc(N(c4ccc(-c5ccccc5)cc4)c4ccccc4-c4cccc(-c5cccc6c5c5ccccc5n6-c5cccc6sc7ccccc7c56)c4)cc3)cc2)cc1. The van der Waals surface area contributed by atoms with Crippen LogP contribution in [0.1, 0.15) is 0 Å². The molecule has 0 amide bonds. The molecule has 3 heteroatoms. The second kappa shape index (κ2) is 17.2. The van der Waals surface area contributed by atoms with Crippen molar-refractivity contribution in [3.8, 4) is 61.3 Å². The van der Waals surface area contributed by atoms with Gasteiger partial charge in [-0.25, -0.2) is 0 Å². The maximum atomic E-state index is 2.49. The van der Waals surface area contributed by atoms with Crippen molar-refractivity contribution < 1.29 is 0 Å². The minimum absolute atomic E-state index is 1.08. The zero-order chi connectivity index (χ0) is 45.7. The van der Waals surface area contributed by atoms with Gasteiger partial charge in [-0.3, -0.25) is 0 Å². The maximum absolute atomic E-state index is 2.49. The molecule has 2 heterocycles. The number of nitrogens with zero attached hydrogens (tertiary/aromatic N) is 2. The molecule has 13 rings (SSSR count). The highest BCUT2D eigenvalue weighted by molar-refractivity contribution is 7.25. The highest BCUT2D eigenvalue weighted by Gasteiger charge is 2.21. The van der Waals surface area contributed by atoms with Gasteiger partial charge in [-0.05, 0) is 117 Å². The van der Waals surface area contributed by atoms with E-state index in [9.17, 15) is 0 Å². The fourth-order valence-corrected chi connectivity index (χ4v) is 11.5. The Balaban J connectivity index is 0.928. The predicted octanol–water partition coefficient (Wildman–Crippen LogP) is 19.0. The van der Waals surface area contributed by atoms with Crippen LogP contribution in [0.4, 0.5) is 17.1 Å². The second-order valence-electron chi connectivity index (χ2n) is 17.6. The van der Waals surface area contributed by atoms with Crippen LogP contribution in [0, 0.1) is 0 Å². The molecular weight excluding hydrogens is 853 g/mol. The van der Waals surface area contributed by atoms with E-state index < -0.39 is 0 Å². The van der Waals surface area contributed by atoms with Gasteiger partial charge in [-0.2, -0.15) is 0 Å². The maximum Gasteiger partial charge on any atom is 0.0555 e. The molecule has 0 radical (unpaired) electrons. The molecule has 0 saturated heterocycles. The Labute approximate surface area is 405 Å². The number of anilines is 3. The summed E-state index contributed by atoms with van der Waals surface area (Å²) in [7, 11) is 0. The molecule has 0 N–H and O–H groups in total. The molecule has 2 aromatic heterocycles. The fourth-order valence-electron chi connectivity index (χ4n) is 10.4. The van der Waals surface area contributed by atoms with E-state index in [0.29, 0.717) is 0 Å². The summed E-state index contributed by atoms with van der Waals surface area (Å²) in [5, 5.41) is 5.10. The number of para-hydroxylation sites is 2. The summed E-state index contributed by atoms with van der Waals surface area (Å²) in [6, 6.07) is 97.3. The molecule has 0 atom stereocenters.